The number of benzene rings is 2. The first-order valence-corrected chi connectivity index (χ1v) is 10.9. The van der Waals surface area contributed by atoms with Gasteiger partial charge in [-0.05, 0) is 31.3 Å². The van der Waals surface area contributed by atoms with Gasteiger partial charge in [0, 0.05) is 29.8 Å². The van der Waals surface area contributed by atoms with Gasteiger partial charge in [-0.25, -0.2) is 9.78 Å². The van der Waals surface area contributed by atoms with E-state index in [1.54, 1.807) is 18.2 Å². The van der Waals surface area contributed by atoms with E-state index in [1.165, 1.54) is 0 Å². The highest BCUT2D eigenvalue weighted by atomic mass is 16.3. The lowest BCUT2D eigenvalue weighted by atomic mass is 9.99. The highest BCUT2D eigenvalue weighted by Crippen LogP contribution is 2.37. The van der Waals surface area contributed by atoms with Crippen molar-refractivity contribution < 1.29 is 5.11 Å². The van der Waals surface area contributed by atoms with Crippen molar-refractivity contribution in [2.24, 2.45) is 10.3 Å². The second-order valence-electron chi connectivity index (χ2n) is 8.22. The molecule has 10 nitrogen and oxygen atoms in total. The van der Waals surface area contributed by atoms with Gasteiger partial charge in [0.1, 0.15) is 11.6 Å². The lowest BCUT2D eigenvalue weighted by molar-refractivity contribution is 0.150. The Kier molecular flexibility index (Phi) is 5.64. The van der Waals surface area contributed by atoms with Crippen LogP contribution in [0.25, 0.3) is 33.4 Å². The molecule has 0 unspecified atom stereocenters. The third-order valence-corrected chi connectivity index (χ3v) is 5.84. The van der Waals surface area contributed by atoms with Crippen molar-refractivity contribution in [2.45, 2.75) is 0 Å². The number of hydrogen-bond acceptors (Lipinski definition) is 8. The number of nitrogens with one attached hydrogen (secondary N) is 1. The molecule has 0 bridgehead atoms. The molecule has 172 valence electrons. The van der Waals surface area contributed by atoms with E-state index in [2.05, 4.69) is 37.2 Å². The van der Waals surface area contributed by atoms with Crippen LogP contribution in [-0.2, 0) is 0 Å². The molecule has 1 saturated heterocycles. The minimum Gasteiger partial charge on any atom is -0.507 e. The molecule has 0 radical (unpaired) electrons. The Bertz CT molecular complexity index is 1420. The van der Waals surface area contributed by atoms with Gasteiger partial charge in [0.05, 0.1) is 29.9 Å². The van der Waals surface area contributed by atoms with Crippen LogP contribution < -0.4 is 11.4 Å². The number of piperazine rings is 1. The van der Waals surface area contributed by atoms with E-state index in [0.29, 0.717) is 22.2 Å². The zero-order valence-corrected chi connectivity index (χ0v) is 18.6. The van der Waals surface area contributed by atoms with Crippen LogP contribution in [0.3, 0.4) is 0 Å². The Morgan fingerprint density at radius 3 is 2.47 bits per heavy atom. The maximum atomic E-state index is 12.0. The maximum Gasteiger partial charge on any atom is 0.348 e. The van der Waals surface area contributed by atoms with Crippen molar-refractivity contribution in [3.63, 3.8) is 0 Å². The standard InChI is InChI=1S/C24H24N8O2/c1-31-10-12-32(13-11-31)30-29-16-8-6-15(7-9-16)19-14-18(17-4-2-3-5-20(17)33)21-22(25)27-24(34)28-23(21)26-19/h2-9,14,33H,10-13H2,1H3,(H3,25,26,27,28,34). The number of phenolic OH excluding ortho intramolecular Hbond substituents is 1. The monoisotopic (exact) mass is 456 g/mol. The summed E-state index contributed by atoms with van der Waals surface area (Å²) in [5.41, 5.74) is 9.03. The number of aromatic hydroxyl groups is 1. The van der Waals surface area contributed by atoms with Gasteiger partial charge in [-0.15, -0.1) is 5.11 Å². The molecule has 1 aliphatic heterocycles. The van der Waals surface area contributed by atoms with E-state index in [0.717, 1.165) is 37.4 Å². The first-order chi connectivity index (χ1) is 16.5. The van der Waals surface area contributed by atoms with Gasteiger partial charge in [0.2, 0.25) is 0 Å². The van der Waals surface area contributed by atoms with Crippen molar-refractivity contribution in [1.82, 2.24) is 24.9 Å². The van der Waals surface area contributed by atoms with Crippen molar-refractivity contribution in [1.29, 1.82) is 0 Å². The predicted molar refractivity (Wildman–Crippen MR) is 131 cm³/mol. The summed E-state index contributed by atoms with van der Waals surface area (Å²) in [6, 6.07) is 16.2. The van der Waals surface area contributed by atoms with Crippen LogP contribution in [0.5, 0.6) is 5.75 Å². The van der Waals surface area contributed by atoms with Crippen LogP contribution in [-0.4, -0.2) is 63.2 Å². The first-order valence-electron chi connectivity index (χ1n) is 10.9. The molecular formula is C24H24N8O2. The van der Waals surface area contributed by atoms with E-state index in [9.17, 15) is 9.90 Å². The second kappa shape index (κ2) is 8.91. The number of phenols is 1. The fourth-order valence-corrected chi connectivity index (χ4v) is 3.94. The van der Waals surface area contributed by atoms with Crippen molar-refractivity contribution in [3.05, 3.63) is 65.1 Å². The van der Waals surface area contributed by atoms with Crippen LogP contribution in [0, 0.1) is 0 Å². The number of hydrogen-bond donors (Lipinski definition) is 3. The number of H-pyrrole nitrogens is 1. The van der Waals surface area contributed by atoms with Crippen LogP contribution in [0.15, 0.2) is 69.7 Å². The number of aromatic amines is 1. The Balaban J connectivity index is 1.53. The Hall–Kier alpha value is -4.31. The highest BCUT2D eigenvalue weighted by Gasteiger charge is 2.16. The van der Waals surface area contributed by atoms with Crippen LogP contribution in [0.4, 0.5) is 11.5 Å². The maximum absolute atomic E-state index is 12.0. The predicted octanol–water partition coefficient (Wildman–Crippen LogP) is 3.19. The van der Waals surface area contributed by atoms with Gasteiger partial charge < -0.3 is 15.7 Å². The van der Waals surface area contributed by atoms with Crippen LogP contribution >= 0.6 is 0 Å². The number of para-hydroxylation sites is 1. The smallest absolute Gasteiger partial charge is 0.348 e. The summed E-state index contributed by atoms with van der Waals surface area (Å²) in [6.07, 6.45) is 0. The zero-order chi connectivity index (χ0) is 23.7. The van der Waals surface area contributed by atoms with E-state index in [1.807, 2.05) is 41.4 Å². The van der Waals surface area contributed by atoms with Gasteiger partial charge in [-0.3, -0.25) is 9.99 Å². The van der Waals surface area contributed by atoms with Crippen molar-refractivity contribution >= 4 is 22.5 Å². The molecule has 0 amide bonds. The summed E-state index contributed by atoms with van der Waals surface area (Å²) in [6.45, 7) is 3.63. The van der Waals surface area contributed by atoms with E-state index >= 15 is 0 Å². The summed E-state index contributed by atoms with van der Waals surface area (Å²) in [4.78, 5) is 25.3. The Morgan fingerprint density at radius 2 is 1.74 bits per heavy atom. The highest BCUT2D eigenvalue weighted by molar-refractivity contribution is 6.02. The summed E-state index contributed by atoms with van der Waals surface area (Å²) in [5, 5.41) is 21.6. The second-order valence-corrected chi connectivity index (χ2v) is 8.22. The molecule has 1 aliphatic rings. The summed E-state index contributed by atoms with van der Waals surface area (Å²) in [5.74, 6) is 0.234. The number of pyridine rings is 1. The van der Waals surface area contributed by atoms with Gasteiger partial charge in [0.25, 0.3) is 0 Å². The van der Waals surface area contributed by atoms with Crippen molar-refractivity contribution in [2.75, 3.05) is 39.0 Å². The van der Waals surface area contributed by atoms with E-state index in [-0.39, 0.29) is 17.2 Å². The van der Waals surface area contributed by atoms with Crippen LogP contribution in [0.2, 0.25) is 0 Å². The molecule has 4 N–H and O–H groups in total. The molecule has 10 heteroatoms. The van der Waals surface area contributed by atoms with Gasteiger partial charge >= 0.3 is 5.69 Å². The third-order valence-electron chi connectivity index (χ3n) is 5.84. The SMILES string of the molecule is CN1CCN(N=Nc2ccc(-c3cc(-c4ccccc4O)c4c(N)[nH]c(=O)nc4n3)cc2)CC1. The molecule has 5 rings (SSSR count). The quantitative estimate of drug-likeness (QED) is 0.401. The molecule has 0 spiro atoms. The molecule has 0 atom stereocenters. The molecule has 2 aromatic carbocycles. The lowest BCUT2D eigenvalue weighted by Crippen LogP contribution is -2.41. The minimum absolute atomic E-state index is 0.0891. The fraction of sp³-hybridized carbons (Fsp3) is 0.208. The number of aromatic nitrogens is 3. The molecule has 2 aromatic heterocycles. The molecule has 34 heavy (non-hydrogen) atoms. The number of fused-ring (bicyclic) bond motifs is 1. The van der Waals surface area contributed by atoms with E-state index in [4.69, 9.17) is 5.73 Å². The van der Waals surface area contributed by atoms with Gasteiger partial charge in [-0.2, -0.15) is 4.98 Å². The molecule has 3 heterocycles. The fourth-order valence-electron chi connectivity index (χ4n) is 3.94. The minimum atomic E-state index is -0.586. The number of nitrogen functional groups attached to an aromatic ring is 1. The van der Waals surface area contributed by atoms with Gasteiger partial charge in [0.15, 0.2) is 5.65 Å². The summed E-state index contributed by atoms with van der Waals surface area (Å²) in [7, 11) is 2.10. The lowest BCUT2D eigenvalue weighted by Gasteiger charge is -2.29. The Morgan fingerprint density at radius 1 is 1.00 bits per heavy atom. The topological polar surface area (TPSA) is 136 Å². The average Bonchev–Trinajstić information content (AvgIpc) is 2.83. The van der Waals surface area contributed by atoms with E-state index < -0.39 is 5.69 Å². The third kappa shape index (κ3) is 4.30. The number of nitrogens with two attached hydrogens (primary N) is 1. The number of anilines is 1. The summed E-state index contributed by atoms with van der Waals surface area (Å²) >= 11 is 0. The first kappa shape index (κ1) is 21.5. The zero-order valence-electron chi connectivity index (χ0n) is 18.6. The largest absolute Gasteiger partial charge is 0.507 e. The van der Waals surface area contributed by atoms with Crippen LogP contribution in [0.1, 0.15) is 0 Å². The Labute approximate surface area is 195 Å². The summed E-state index contributed by atoms with van der Waals surface area (Å²) < 4.78 is 0. The molecule has 1 fully saturated rings. The van der Waals surface area contributed by atoms with Gasteiger partial charge in [-0.1, -0.05) is 35.6 Å². The normalized spacial score (nSPS) is 14.8. The number of nitrogens with zero attached hydrogens (tertiary/aromatic N) is 6. The molecule has 0 aliphatic carbocycles. The van der Waals surface area contributed by atoms with Crippen molar-refractivity contribution in [3.8, 4) is 28.1 Å². The molecular weight excluding hydrogens is 432 g/mol. The number of rotatable bonds is 4. The number of likely N-dealkylation sites (N-methyl/N-ethyl adjacent to an activating group) is 1. The average molecular weight is 457 g/mol. The molecule has 0 saturated carbocycles. The molecule has 4 aromatic rings.